The third kappa shape index (κ3) is 7.91. The molecule has 31 heavy (non-hydrogen) atoms. The molecule has 2 aliphatic rings. The average molecular weight is 543 g/mol. The smallest absolute Gasteiger partial charge is 0.219 e. The molecule has 2 atom stereocenters. The topological polar surface area (TPSA) is 69.2 Å². The first kappa shape index (κ1) is 25.9. The van der Waals surface area contributed by atoms with Crippen LogP contribution in [0.1, 0.15) is 37.0 Å². The molecule has 2 heterocycles. The minimum Gasteiger partial charge on any atom is -0.373 e. The molecule has 2 aliphatic heterocycles. The first-order chi connectivity index (χ1) is 14.6. The lowest BCUT2D eigenvalue weighted by atomic mass is 9.89. The average Bonchev–Trinajstić information content (AvgIpc) is 2.77. The quantitative estimate of drug-likeness (QED) is 0.328. The van der Waals surface area contributed by atoms with Crippen LogP contribution in [0.2, 0.25) is 0 Å². The number of halogens is 1. The lowest BCUT2D eigenvalue weighted by Crippen LogP contribution is -2.50. The van der Waals surface area contributed by atoms with Gasteiger partial charge in [-0.05, 0) is 25.3 Å². The summed E-state index contributed by atoms with van der Waals surface area (Å²) in [5.74, 6) is 1.44. The van der Waals surface area contributed by atoms with Gasteiger partial charge in [0, 0.05) is 72.3 Å². The van der Waals surface area contributed by atoms with Crippen LogP contribution in [0, 0.1) is 12.8 Å². The Kier molecular flexibility index (Phi) is 11.0. The normalized spacial score (nSPS) is 22.5. The molecule has 0 aliphatic carbocycles. The van der Waals surface area contributed by atoms with Crippen LogP contribution in [0.25, 0.3) is 0 Å². The Morgan fingerprint density at radius 1 is 1.16 bits per heavy atom. The maximum atomic E-state index is 11.4. The summed E-state index contributed by atoms with van der Waals surface area (Å²) in [6.45, 7) is 10.7. The molecule has 3 rings (SSSR count). The van der Waals surface area contributed by atoms with Gasteiger partial charge in [0.25, 0.3) is 0 Å². The number of aliphatic imine (C=N–C) groups is 1. The van der Waals surface area contributed by atoms with Crippen LogP contribution in [-0.2, 0) is 9.53 Å². The van der Waals surface area contributed by atoms with E-state index in [2.05, 4.69) is 51.7 Å². The van der Waals surface area contributed by atoms with Gasteiger partial charge in [-0.1, -0.05) is 29.8 Å². The number of nitrogens with one attached hydrogen (secondary N) is 2. The van der Waals surface area contributed by atoms with E-state index < -0.39 is 0 Å². The highest BCUT2D eigenvalue weighted by molar-refractivity contribution is 14.0. The second-order valence-corrected chi connectivity index (χ2v) is 8.33. The standard InChI is InChI=1S/C23H37N5O2.HI/c1-18-6-8-20(9-7-18)22-21(5-4-16-30-22)17-26-23(24-3)25-10-11-27-12-14-28(15-13-27)19(2)29;/h6-9,21-22H,4-5,10-17H2,1-3H3,(H2,24,25,26);1H. The van der Waals surface area contributed by atoms with Gasteiger partial charge in [0.1, 0.15) is 0 Å². The number of rotatable bonds is 6. The van der Waals surface area contributed by atoms with E-state index in [0.29, 0.717) is 5.92 Å². The largest absolute Gasteiger partial charge is 0.373 e. The third-order valence-electron chi connectivity index (χ3n) is 6.14. The number of amides is 1. The molecule has 2 fully saturated rings. The molecule has 2 N–H and O–H groups in total. The lowest BCUT2D eigenvalue weighted by molar-refractivity contribution is -0.130. The predicted molar refractivity (Wildman–Crippen MR) is 136 cm³/mol. The van der Waals surface area contributed by atoms with Crippen molar-refractivity contribution in [1.82, 2.24) is 20.4 Å². The van der Waals surface area contributed by atoms with Crippen LogP contribution in [-0.4, -0.2) is 81.1 Å². The number of carbonyl (C=O) groups excluding carboxylic acids is 1. The van der Waals surface area contributed by atoms with Crippen molar-refractivity contribution in [1.29, 1.82) is 0 Å². The molecule has 0 radical (unpaired) electrons. The highest BCUT2D eigenvalue weighted by atomic mass is 127. The monoisotopic (exact) mass is 543 g/mol. The number of nitrogens with zero attached hydrogens (tertiary/aromatic N) is 3. The molecule has 0 saturated carbocycles. The molecule has 0 bridgehead atoms. The second kappa shape index (κ2) is 13.2. The molecule has 0 spiro atoms. The number of benzene rings is 1. The van der Waals surface area contributed by atoms with E-state index in [9.17, 15) is 4.79 Å². The van der Waals surface area contributed by atoms with Gasteiger partial charge < -0.3 is 20.3 Å². The second-order valence-electron chi connectivity index (χ2n) is 8.33. The summed E-state index contributed by atoms with van der Waals surface area (Å²) < 4.78 is 6.13. The van der Waals surface area contributed by atoms with Crippen LogP contribution in [0.4, 0.5) is 0 Å². The SMILES string of the molecule is CN=C(NCCN1CCN(C(C)=O)CC1)NCC1CCCOC1c1ccc(C)cc1.I. The van der Waals surface area contributed by atoms with E-state index in [1.54, 1.807) is 6.92 Å². The zero-order chi connectivity index (χ0) is 21.3. The maximum absolute atomic E-state index is 11.4. The number of hydrogen-bond acceptors (Lipinski definition) is 4. The highest BCUT2D eigenvalue weighted by Gasteiger charge is 2.27. The number of carbonyl (C=O) groups is 1. The van der Waals surface area contributed by atoms with E-state index in [0.717, 1.165) is 71.2 Å². The van der Waals surface area contributed by atoms with E-state index in [1.807, 2.05) is 11.9 Å². The van der Waals surface area contributed by atoms with E-state index in [4.69, 9.17) is 4.74 Å². The molecule has 8 heteroatoms. The van der Waals surface area contributed by atoms with Crippen LogP contribution in [0.5, 0.6) is 0 Å². The van der Waals surface area contributed by atoms with Crippen molar-refractivity contribution in [2.75, 3.05) is 59.5 Å². The van der Waals surface area contributed by atoms with Crippen LogP contribution < -0.4 is 10.6 Å². The van der Waals surface area contributed by atoms with Gasteiger partial charge in [0.2, 0.25) is 5.91 Å². The lowest BCUT2D eigenvalue weighted by Gasteiger charge is -2.34. The molecule has 1 aromatic carbocycles. The van der Waals surface area contributed by atoms with Gasteiger partial charge in [0.05, 0.1) is 6.10 Å². The Morgan fingerprint density at radius 3 is 2.52 bits per heavy atom. The Hall–Kier alpha value is -1.39. The van der Waals surface area contributed by atoms with Crippen LogP contribution in [0.15, 0.2) is 29.3 Å². The van der Waals surface area contributed by atoms with Gasteiger partial charge in [-0.2, -0.15) is 0 Å². The summed E-state index contributed by atoms with van der Waals surface area (Å²) in [5, 5.41) is 6.93. The van der Waals surface area contributed by atoms with Crippen molar-refractivity contribution >= 4 is 35.8 Å². The molecule has 2 saturated heterocycles. The van der Waals surface area contributed by atoms with Gasteiger partial charge in [-0.25, -0.2) is 0 Å². The van der Waals surface area contributed by atoms with Crippen molar-refractivity contribution < 1.29 is 9.53 Å². The van der Waals surface area contributed by atoms with Crippen molar-refractivity contribution in [3.63, 3.8) is 0 Å². The summed E-state index contributed by atoms with van der Waals surface area (Å²) in [7, 11) is 1.82. The summed E-state index contributed by atoms with van der Waals surface area (Å²) in [6.07, 6.45) is 2.40. The van der Waals surface area contributed by atoms with Crippen molar-refractivity contribution in [3.05, 3.63) is 35.4 Å². The van der Waals surface area contributed by atoms with Crippen molar-refractivity contribution in [2.45, 2.75) is 32.8 Å². The Balaban J connectivity index is 0.00000341. The molecule has 7 nitrogen and oxygen atoms in total. The summed E-state index contributed by atoms with van der Waals surface area (Å²) >= 11 is 0. The number of guanidine groups is 1. The van der Waals surface area contributed by atoms with Crippen LogP contribution in [0.3, 0.4) is 0 Å². The van der Waals surface area contributed by atoms with E-state index in [-0.39, 0.29) is 36.0 Å². The van der Waals surface area contributed by atoms with Crippen LogP contribution >= 0.6 is 24.0 Å². The van der Waals surface area contributed by atoms with E-state index in [1.165, 1.54) is 11.1 Å². The van der Waals surface area contributed by atoms with E-state index >= 15 is 0 Å². The minimum atomic E-state index is 0. The van der Waals surface area contributed by atoms with Gasteiger partial charge >= 0.3 is 0 Å². The minimum absolute atomic E-state index is 0. The zero-order valence-corrected chi connectivity index (χ0v) is 21.4. The summed E-state index contributed by atoms with van der Waals surface area (Å²) in [5.41, 5.74) is 2.54. The first-order valence-electron chi connectivity index (χ1n) is 11.2. The predicted octanol–water partition coefficient (Wildman–Crippen LogP) is 2.41. The number of aryl methyl sites for hydroxylation is 1. The summed E-state index contributed by atoms with van der Waals surface area (Å²) in [6, 6.07) is 8.71. The molecule has 174 valence electrons. The number of piperazine rings is 1. The number of ether oxygens (including phenoxy) is 1. The fourth-order valence-corrected chi connectivity index (χ4v) is 4.24. The highest BCUT2D eigenvalue weighted by Crippen LogP contribution is 2.33. The maximum Gasteiger partial charge on any atom is 0.219 e. The fourth-order valence-electron chi connectivity index (χ4n) is 4.24. The molecule has 2 unspecified atom stereocenters. The van der Waals surface area contributed by atoms with Crippen molar-refractivity contribution in [3.8, 4) is 0 Å². The molecule has 1 aromatic rings. The van der Waals surface area contributed by atoms with Gasteiger partial charge in [0.15, 0.2) is 5.96 Å². The zero-order valence-electron chi connectivity index (χ0n) is 19.1. The molecular formula is C23H38IN5O2. The van der Waals surface area contributed by atoms with Gasteiger partial charge in [-0.15, -0.1) is 24.0 Å². The summed E-state index contributed by atoms with van der Waals surface area (Å²) in [4.78, 5) is 20.1. The molecule has 0 aromatic heterocycles. The Morgan fingerprint density at radius 2 is 1.87 bits per heavy atom. The molecule has 1 amide bonds. The third-order valence-corrected chi connectivity index (χ3v) is 6.14. The number of hydrogen-bond donors (Lipinski definition) is 2. The van der Waals surface area contributed by atoms with Crippen molar-refractivity contribution in [2.24, 2.45) is 10.9 Å². The van der Waals surface area contributed by atoms with Gasteiger partial charge in [-0.3, -0.25) is 14.7 Å². The Bertz CT molecular complexity index is 704. The Labute approximate surface area is 204 Å². The fraction of sp³-hybridized carbons (Fsp3) is 0.652. The molecular weight excluding hydrogens is 505 g/mol. The first-order valence-corrected chi connectivity index (χ1v) is 11.2.